The second-order valence-electron chi connectivity index (χ2n) is 15.6. The second-order valence-corrected chi connectivity index (χ2v) is 17.3. The van der Waals surface area contributed by atoms with E-state index in [1.165, 1.54) is 11.8 Å². The lowest BCUT2D eigenvalue weighted by Gasteiger charge is -2.26. The summed E-state index contributed by atoms with van der Waals surface area (Å²) < 4.78 is 10.9. The molecule has 0 aromatic rings. The van der Waals surface area contributed by atoms with Crippen LogP contribution in [0.2, 0.25) is 0 Å². The Bertz CT molecular complexity index is 1420. The summed E-state index contributed by atoms with van der Waals surface area (Å²) in [6.07, 6.45) is 5.92. The zero-order valence-corrected chi connectivity index (χ0v) is 39.5. The number of carbonyl (C=O) groups excluding carboxylic acids is 8. The van der Waals surface area contributed by atoms with Gasteiger partial charge in [-0.1, -0.05) is 42.6 Å². The Morgan fingerprint density at radius 2 is 1.73 bits per heavy atom. The molecule has 0 aliphatic carbocycles. The molecule has 3 amide bonds. The molecule has 1 aliphatic heterocycles. The summed E-state index contributed by atoms with van der Waals surface area (Å²) in [6, 6.07) is -2.05. The summed E-state index contributed by atoms with van der Waals surface area (Å²) in [6.45, 7) is 5.87. The summed E-state index contributed by atoms with van der Waals surface area (Å²) >= 11 is 4.46. The molecule has 0 aromatic heterocycles. The third-order valence-electron chi connectivity index (χ3n) is 10.6. The standard InChI is InChI=1S/C42H73BrN8O10S/c1-4-30(2)41-35(54)13-12-31(9-5-6-17-46-38(57)15-21-61-23-22-60-20-8-11-33(53)25-43)36(55)26-49-34(16-24-62-29-40(59)47-19-14-39(58)50-41)37(56)27-51(3)32(28-52)10-7-18-48-42(44)45/h28,30-32,34,41,49H,4-27,29H2,1-3H3,(H,46,57)(H,47,59)(H,50,58)(H4,44,45,48)/t30-,31+,32-,34-,41-/m0/s1. The SMILES string of the molecule is CC[C@H](C)[C@@H]1NC(=O)CCNC(=O)CSCC[C@@H](C(=O)CN(C)[C@H](C=O)CCCN=C(N)N)NCC(=O)[C@H](CCCCNC(=O)CCOCCOCCCC(=O)CBr)CCC1=O. The van der Waals surface area contributed by atoms with Gasteiger partial charge in [-0.2, -0.15) is 11.8 Å². The minimum atomic E-state index is -0.750. The number of ketones is 4. The van der Waals surface area contributed by atoms with E-state index in [4.69, 9.17) is 20.9 Å². The molecule has 8 N–H and O–H groups in total. The van der Waals surface area contributed by atoms with Crippen LogP contribution in [-0.4, -0.2) is 159 Å². The van der Waals surface area contributed by atoms with Crippen molar-refractivity contribution >= 4 is 80.8 Å². The number of aliphatic imine (C=N–C) groups is 1. The van der Waals surface area contributed by atoms with Crippen LogP contribution < -0.4 is 32.7 Å². The number of likely N-dealkylation sites (N-methyl/N-ethyl adjacent to an activating group) is 1. The molecule has 0 unspecified atom stereocenters. The molecule has 1 fully saturated rings. The zero-order chi connectivity index (χ0) is 46.1. The van der Waals surface area contributed by atoms with Crippen LogP contribution in [0, 0.1) is 11.8 Å². The largest absolute Gasteiger partial charge is 0.379 e. The Morgan fingerprint density at radius 3 is 2.42 bits per heavy atom. The first-order valence-electron chi connectivity index (χ1n) is 21.9. The van der Waals surface area contributed by atoms with Crippen LogP contribution in [-0.2, 0) is 47.8 Å². The highest BCUT2D eigenvalue weighted by atomic mass is 79.9. The second kappa shape index (κ2) is 35.1. The normalized spacial score (nSPS) is 19.9. The summed E-state index contributed by atoms with van der Waals surface area (Å²) in [5, 5.41) is 12.0. The van der Waals surface area contributed by atoms with Gasteiger partial charge < -0.3 is 47.0 Å². The molecule has 20 heteroatoms. The molecule has 1 saturated heterocycles. The number of nitrogens with zero attached hydrogens (tertiary/aromatic N) is 2. The number of hydrogen-bond acceptors (Lipinski definition) is 14. The number of rotatable bonds is 27. The number of carbonyl (C=O) groups is 8. The van der Waals surface area contributed by atoms with Crippen molar-refractivity contribution in [3.63, 3.8) is 0 Å². The fourth-order valence-electron chi connectivity index (χ4n) is 6.57. The van der Waals surface area contributed by atoms with Gasteiger partial charge in [0, 0.05) is 57.8 Å². The van der Waals surface area contributed by atoms with E-state index in [0.717, 1.165) is 6.29 Å². The number of aldehydes is 1. The van der Waals surface area contributed by atoms with Gasteiger partial charge >= 0.3 is 0 Å². The molecule has 1 heterocycles. The van der Waals surface area contributed by atoms with E-state index in [-0.39, 0.29) is 110 Å². The van der Waals surface area contributed by atoms with Crippen LogP contribution in [0.5, 0.6) is 0 Å². The molecule has 0 saturated carbocycles. The first-order valence-corrected chi connectivity index (χ1v) is 24.2. The molecule has 62 heavy (non-hydrogen) atoms. The number of halogens is 1. The molecule has 5 atom stereocenters. The lowest BCUT2D eigenvalue weighted by Crippen LogP contribution is -2.47. The first kappa shape index (κ1) is 56.7. The number of nitrogens with one attached hydrogen (secondary N) is 4. The number of nitrogens with two attached hydrogens (primary N) is 2. The summed E-state index contributed by atoms with van der Waals surface area (Å²) in [7, 11) is 1.68. The first-order chi connectivity index (χ1) is 29.7. The molecular weight excluding hydrogens is 888 g/mol. The number of Topliss-reactive ketones (excluding diaryl/α,β-unsaturated/α-hetero) is 4. The van der Waals surface area contributed by atoms with Crippen LogP contribution in [0.3, 0.4) is 0 Å². The van der Waals surface area contributed by atoms with E-state index in [1.54, 1.807) is 11.9 Å². The Morgan fingerprint density at radius 1 is 0.984 bits per heavy atom. The number of guanidine groups is 1. The number of hydrogen-bond donors (Lipinski definition) is 6. The third-order valence-corrected chi connectivity index (χ3v) is 12.2. The average Bonchev–Trinajstić information content (AvgIpc) is 3.24. The Kier molecular flexibility index (Phi) is 32.1. The zero-order valence-electron chi connectivity index (χ0n) is 37.1. The summed E-state index contributed by atoms with van der Waals surface area (Å²) in [5.74, 6) is -1.42. The van der Waals surface area contributed by atoms with E-state index in [1.807, 2.05) is 13.8 Å². The van der Waals surface area contributed by atoms with Crippen molar-refractivity contribution in [2.24, 2.45) is 28.3 Å². The van der Waals surface area contributed by atoms with Gasteiger partial charge in [0.1, 0.15) is 17.9 Å². The van der Waals surface area contributed by atoms with Gasteiger partial charge in [-0.25, -0.2) is 0 Å². The van der Waals surface area contributed by atoms with Crippen molar-refractivity contribution in [1.29, 1.82) is 0 Å². The Balaban J connectivity index is 2.96. The molecule has 1 aliphatic rings. The molecule has 0 aromatic carbocycles. The number of thioether (sulfide) groups is 1. The van der Waals surface area contributed by atoms with Crippen LogP contribution in [0.15, 0.2) is 4.99 Å². The van der Waals surface area contributed by atoms with E-state index in [9.17, 15) is 38.4 Å². The maximum absolute atomic E-state index is 13.9. The van der Waals surface area contributed by atoms with E-state index < -0.39 is 24.0 Å². The highest BCUT2D eigenvalue weighted by molar-refractivity contribution is 9.09. The average molecular weight is 962 g/mol. The number of alkyl halides is 1. The summed E-state index contributed by atoms with van der Waals surface area (Å²) in [4.78, 5) is 108. The van der Waals surface area contributed by atoms with Crippen molar-refractivity contribution in [3.05, 3.63) is 0 Å². The van der Waals surface area contributed by atoms with Crippen LogP contribution in [0.25, 0.3) is 0 Å². The number of amides is 3. The fourth-order valence-corrected chi connectivity index (χ4v) is 7.68. The maximum Gasteiger partial charge on any atom is 0.230 e. The number of ether oxygens (including phenoxy) is 2. The van der Waals surface area contributed by atoms with Gasteiger partial charge in [-0.05, 0) is 63.7 Å². The van der Waals surface area contributed by atoms with Crippen LogP contribution in [0.4, 0.5) is 0 Å². The minimum absolute atomic E-state index is 0.00329. The van der Waals surface area contributed by atoms with E-state index in [0.29, 0.717) is 102 Å². The lowest BCUT2D eigenvalue weighted by atomic mass is 9.87. The van der Waals surface area contributed by atoms with Gasteiger partial charge in [0.05, 0.1) is 62.1 Å². The highest BCUT2D eigenvalue weighted by Crippen LogP contribution is 2.20. The minimum Gasteiger partial charge on any atom is -0.379 e. The predicted molar refractivity (Wildman–Crippen MR) is 244 cm³/mol. The van der Waals surface area contributed by atoms with Gasteiger partial charge in [0.25, 0.3) is 0 Å². The molecule has 18 nitrogen and oxygen atoms in total. The number of unbranched alkanes of at least 4 members (excludes halogenated alkanes) is 1. The van der Waals surface area contributed by atoms with Crippen molar-refractivity contribution < 1.29 is 47.8 Å². The van der Waals surface area contributed by atoms with Gasteiger partial charge in [-0.15, -0.1) is 0 Å². The molecule has 354 valence electrons. The molecular formula is C42H73BrN8O10S. The van der Waals surface area contributed by atoms with Crippen molar-refractivity contribution in [2.45, 2.75) is 115 Å². The Labute approximate surface area is 380 Å². The molecule has 0 spiro atoms. The molecule has 0 radical (unpaired) electrons. The van der Waals surface area contributed by atoms with Crippen LogP contribution in [0.1, 0.15) is 97.3 Å². The van der Waals surface area contributed by atoms with E-state index >= 15 is 0 Å². The van der Waals surface area contributed by atoms with Gasteiger partial charge in [0.2, 0.25) is 17.7 Å². The van der Waals surface area contributed by atoms with Crippen molar-refractivity contribution in [3.8, 4) is 0 Å². The summed E-state index contributed by atoms with van der Waals surface area (Å²) in [5.41, 5.74) is 10.8. The predicted octanol–water partition coefficient (Wildman–Crippen LogP) is 1.23. The smallest absolute Gasteiger partial charge is 0.230 e. The maximum atomic E-state index is 13.9. The van der Waals surface area contributed by atoms with Gasteiger partial charge in [0.15, 0.2) is 17.5 Å². The third kappa shape index (κ3) is 27.0. The quantitative estimate of drug-likeness (QED) is 0.0222. The topological polar surface area (TPSA) is 271 Å². The molecule has 0 bridgehead atoms. The van der Waals surface area contributed by atoms with Crippen molar-refractivity contribution in [2.75, 3.05) is 83.0 Å². The highest BCUT2D eigenvalue weighted by Gasteiger charge is 2.29. The van der Waals surface area contributed by atoms with Crippen molar-refractivity contribution in [1.82, 2.24) is 26.2 Å². The lowest BCUT2D eigenvalue weighted by molar-refractivity contribution is -0.130. The molecule has 1 rings (SSSR count). The Hall–Kier alpha value is -3.30. The monoisotopic (exact) mass is 960 g/mol. The van der Waals surface area contributed by atoms with Crippen LogP contribution >= 0.6 is 27.7 Å². The van der Waals surface area contributed by atoms with Gasteiger partial charge in [-0.3, -0.25) is 43.5 Å². The van der Waals surface area contributed by atoms with E-state index in [2.05, 4.69) is 42.2 Å². The fraction of sp³-hybridized carbons (Fsp3) is 0.786.